The molecule has 6 N–H and O–H groups in total. The lowest BCUT2D eigenvalue weighted by atomic mass is 10.0. The summed E-state index contributed by atoms with van der Waals surface area (Å²) >= 11 is 0. The van der Waals surface area contributed by atoms with Gasteiger partial charge in [0.15, 0.2) is 0 Å². The molecule has 11 nitrogen and oxygen atoms in total. The Morgan fingerprint density at radius 3 is 1.86 bits per heavy atom. The van der Waals surface area contributed by atoms with E-state index in [-0.39, 0.29) is 6.10 Å². The average molecular weight is 530 g/mol. The first-order valence-electron chi connectivity index (χ1n) is 10.5. The topological polar surface area (TPSA) is 188 Å². The van der Waals surface area contributed by atoms with Crippen molar-refractivity contribution < 1.29 is 57.5 Å². The lowest BCUT2D eigenvalue weighted by Gasteiger charge is -2.25. The largest absolute Gasteiger partial charge is 0.484 e. The number of aliphatic carboxylic acids is 4. The zero-order valence-electron chi connectivity index (χ0n) is 19.2. The lowest BCUT2D eigenvalue weighted by molar-refractivity contribution is -0.159. The van der Waals surface area contributed by atoms with Gasteiger partial charge in [0.2, 0.25) is 0 Å². The monoisotopic (exact) mass is 530 g/mol. The first-order chi connectivity index (χ1) is 17.3. The Bertz CT molecular complexity index is 1030. The summed E-state index contributed by atoms with van der Waals surface area (Å²) in [4.78, 5) is 38.6. The molecule has 2 aromatic carbocycles. The molecule has 2 aromatic rings. The van der Waals surface area contributed by atoms with Crippen molar-refractivity contribution >= 4 is 23.9 Å². The molecule has 1 aliphatic heterocycles. The highest BCUT2D eigenvalue weighted by atomic mass is 19.4. The minimum Gasteiger partial charge on any atom is -0.484 e. The van der Waals surface area contributed by atoms with E-state index in [4.69, 9.17) is 50.1 Å². The van der Waals surface area contributed by atoms with Crippen molar-refractivity contribution in [2.45, 2.75) is 18.7 Å². The Kier molecular flexibility index (Phi) is 12.0. The predicted octanol–water partition coefficient (Wildman–Crippen LogP) is 1.95. The molecule has 1 heterocycles. The van der Waals surface area contributed by atoms with E-state index in [0.717, 1.165) is 37.2 Å². The summed E-state index contributed by atoms with van der Waals surface area (Å²) < 4.78 is 44.2. The van der Waals surface area contributed by atoms with Crippen LogP contribution in [0.4, 0.5) is 13.2 Å². The van der Waals surface area contributed by atoms with Gasteiger partial charge in [0.05, 0.1) is 5.56 Å². The van der Waals surface area contributed by atoms with Gasteiger partial charge in [0, 0.05) is 26.2 Å². The third-order valence-electron chi connectivity index (χ3n) is 4.79. The van der Waals surface area contributed by atoms with E-state index < -0.39 is 35.6 Å². The van der Waals surface area contributed by atoms with Crippen LogP contribution in [0.5, 0.6) is 5.75 Å². The van der Waals surface area contributed by atoms with Crippen LogP contribution in [-0.4, -0.2) is 75.4 Å². The summed E-state index contributed by atoms with van der Waals surface area (Å²) in [6, 6.07) is 12.9. The number of carboxylic acid groups (broad SMARTS) is 4. The third-order valence-corrected chi connectivity index (χ3v) is 4.79. The van der Waals surface area contributed by atoms with E-state index in [1.807, 2.05) is 18.2 Å². The molecule has 0 aliphatic carbocycles. The van der Waals surface area contributed by atoms with Gasteiger partial charge in [-0.1, -0.05) is 24.3 Å². The highest BCUT2D eigenvalue weighted by molar-refractivity contribution is 6.27. The number of ether oxygens (including phenoxy) is 1. The number of rotatable bonds is 4. The van der Waals surface area contributed by atoms with Crippen LogP contribution in [0, 0.1) is 0 Å². The maximum absolute atomic E-state index is 12.7. The predicted molar refractivity (Wildman–Crippen MR) is 121 cm³/mol. The standard InChI is InChI=1S/C19H21F3N2O.2C2H2O4/c20-19(21,22)15-5-7-16(8-6-15)25-18-13-24(12-10-23)11-9-14-3-1-2-4-17(14)18;2*3-1(4)2(5)6/h1-8,18H,9-13,23H2;2*(H,3,4)(H,5,6). The molecule has 0 aromatic heterocycles. The molecular weight excluding hydrogens is 505 g/mol. The Morgan fingerprint density at radius 2 is 1.41 bits per heavy atom. The molecule has 0 bridgehead atoms. The molecule has 0 fully saturated rings. The van der Waals surface area contributed by atoms with Gasteiger partial charge in [0.1, 0.15) is 11.9 Å². The van der Waals surface area contributed by atoms with Crippen molar-refractivity contribution in [1.82, 2.24) is 4.90 Å². The van der Waals surface area contributed by atoms with Crippen molar-refractivity contribution in [3.8, 4) is 5.75 Å². The molecule has 14 heteroatoms. The second kappa shape index (κ2) is 14.4. The molecule has 3 rings (SSSR count). The second-order valence-corrected chi connectivity index (χ2v) is 7.39. The minimum atomic E-state index is -4.34. The van der Waals surface area contributed by atoms with Crippen molar-refractivity contribution in [2.24, 2.45) is 5.73 Å². The van der Waals surface area contributed by atoms with Crippen LogP contribution in [0.3, 0.4) is 0 Å². The maximum Gasteiger partial charge on any atom is 0.416 e. The van der Waals surface area contributed by atoms with E-state index >= 15 is 0 Å². The number of hydrogen-bond acceptors (Lipinski definition) is 7. The lowest BCUT2D eigenvalue weighted by Crippen LogP contribution is -2.34. The van der Waals surface area contributed by atoms with E-state index in [0.29, 0.717) is 18.8 Å². The number of carboxylic acids is 4. The van der Waals surface area contributed by atoms with Gasteiger partial charge < -0.3 is 30.9 Å². The summed E-state index contributed by atoms with van der Waals surface area (Å²) in [5, 5.41) is 29.6. The summed E-state index contributed by atoms with van der Waals surface area (Å²) in [7, 11) is 0. The number of fused-ring (bicyclic) bond motifs is 1. The van der Waals surface area contributed by atoms with Gasteiger partial charge in [-0.05, 0) is 41.8 Å². The maximum atomic E-state index is 12.7. The van der Waals surface area contributed by atoms with Crippen molar-refractivity contribution in [3.63, 3.8) is 0 Å². The molecule has 1 unspecified atom stereocenters. The Morgan fingerprint density at radius 1 is 0.892 bits per heavy atom. The highest BCUT2D eigenvalue weighted by Crippen LogP contribution is 2.32. The number of benzene rings is 2. The Balaban J connectivity index is 0.000000476. The van der Waals surface area contributed by atoms with Crippen LogP contribution < -0.4 is 10.5 Å². The Labute approximate surface area is 208 Å². The van der Waals surface area contributed by atoms with E-state index in [1.54, 1.807) is 0 Å². The number of nitrogens with two attached hydrogens (primary N) is 1. The number of alkyl halides is 3. The molecule has 0 amide bonds. The van der Waals surface area contributed by atoms with Gasteiger partial charge in [0.25, 0.3) is 0 Å². The SMILES string of the molecule is NCCN1CCc2ccccc2C(Oc2ccc(C(F)(F)F)cc2)C1.O=C(O)C(=O)O.O=C(O)C(=O)O. The van der Waals surface area contributed by atoms with Crippen molar-refractivity contribution in [1.29, 1.82) is 0 Å². The van der Waals surface area contributed by atoms with Gasteiger partial charge in [-0.3, -0.25) is 4.90 Å². The highest BCUT2D eigenvalue weighted by Gasteiger charge is 2.30. The van der Waals surface area contributed by atoms with Gasteiger partial charge in [-0.2, -0.15) is 13.2 Å². The number of nitrogens with zero attached hydrogens (tertiary/aromatic N) is 1. The summed E-state index contributed by atoms with van der Waals surface area (Å²) in [5.41, 5.74) is 7.30. The first-order valence-corrected chi connectivity index (χ1v) is 10.5. The third kappa shape index (κ3) is 11.0. The smallest absolute Gasteiger partial charge is 0.416 e. The molecule has 0 radical (unpaired) electrons. The molecule has 0 saturated heterocycles. The molecule has 37 heavy (non-hydrogen) atoms. The van der Waals surface area contributed by atoms with E-state index in [2.05, 4.69) is 11.0 Å². The van der Waals surface area contributed by atoms with Crippen LogP contribution in [0.1, 0.15) is 22.8 Å². The number of hydrogen-bond donors (Lipinski definition) is 5. The zero-order chi connectivity index (χ0) is 28.2. The first kappa shape index (κ1) is 30.9. The van der Waals surface area contributed by atoms with Crippen LogP contribution in [0.25, 0.3) is 0 Å². The van der Waals surface area contributed by atoms with Gasteiger partial charge >= 0.3 is 30.1 Å². The second-order valence-electron chi connectivity index (χ2n) is 7.39. The van der Waals surface area contributed by atoms with Crippen molar-refractivity contribution in [3.05, 3.63) is 65.2 Å². The fourth-order valence-corrected chi connectivity index (χ4v) is 3.15. The van der Waals surface area contributed by atoms with Gasteiger partial charge in [-0.25, -0.2) is 19.2 Å². The molecule has 0 spiro atoms. The van der Waals surface area contributed by atoms with Gasteiger partial charge in [-0.15, -0.1) is 0 Å². The van der Waals surface area contributed by atoms with Crippen molar-refractivity contribution in [2.75, 3.05) is 26.2 Å². The minimum absolute atomic E-state index is 0.234. The molecular formula is C23H25F3N2O9. The summed E-state index contributed by atoms with van der Waals surface area (Å²) in [6.07, 6.45) is -3.67. The fourth-order valence-electron chi connectivity index (χ4n) is 3.15. The molecule has 202 valence electrons. The average Bonchev–Trinajstić information content (AvgIpc) is 2.99. The quantitative estimate of drug-likeness (QED) is 0.364. The Hall–Kier alpha value is -4.17. The van der Waals surface area contributed by atoms with E-state index in [1.165, 1.54) is 17.7 Å². The fraction of sp³-hybridized carbons (Fsp3) is 0.304. The number of carbonyl (C=O) groups is 4. The van der Waals surface area contributed by atoms with E-state index in [9.17, 15) is 13.2 Å². The molecule has 1 aliphatic rings. The van der Waals surface area contributed by atoms with Crippen LogP contribution >= 0.6 is 0 Å². The van der Waals surface area contributed by atoms with Crippen LogP contribution in [0.2, 0.25) is 0 Å². The molecule has 1 atom stereocenters. The zero-order valence-corrected chi connectivity index (χ0v) is 19.2. The normalized spacial score (nSPS) is 14.9. The molecule has 0 saturated carbocycles. The summed E-state index contributed by atoms with van der Waals surface area (Å²) in [5.74, 6) is -6.86. The number of halogens is 3. The van der Waals surface area contributed by atoms with Crippen LogP contribution in [-0.2, 0) is 31.8 Å². The van der Waals surface area contributed by atoms with Crippen LogP contribution in [0.15, 0.2) is 48.5 Å². The summed E-state index contributed by atoms with van der Waals surface area (Å²) in [6.45, 7) is 2.88.